The second-order valence-corrected chi connectivity index (χ2v) is 6.35. The van der Waals surface area contributed by atoms with Crippen LogP contribution in [0.4, 0.5) is 10.3 Å². The van der Waals surface area contributed by atoms with E-state index in [1.54, 1.807) is 25.1 Å². The zero-order chi connectivity index (χ0) is 18.1. The summed E-state index contributed by atoms with van der Waals surface area (Å²) in [7, 11) is 0. The van der Waals surface area contributed by atoms with Gasteiger partial charge in [-0.2, -0.15) is 10.1 Å². The molecule has 2 atom stereocenters. The predicted molar refractivity (Wildman–Crippen MR) is 90.8 cm³/mol. The summed E-state index contributed by atoms with van der Waals surface area (Å²) < 4.78 is 27.0. The van der Waals surface area contributed by atoms with E-state index in [2.05, 4.69) is 15.4 Å². The molecule has 2 aliphatic rings. The number of benzene rings is 1. The van der Waals surface area contributed by atoms with Crippen LogP contribution in [0.5, 0.6) is 0 Å². The Morgan fingerprint density at radius 2 is 2.31 bits per heavy atom. The van der Waals surface area contributed by atoms with Crippen molar-refractivity contribution in [3.8, 4) is 0 Å². The van der Waals surface area contributed by atoms with E-state index in [-0.39, 0.29) is 12.7 Å². The first-order valence-electron chi connectivity index (χ1n) is 8.55. The summed E-state index contributed by atoms with van der Waals surface area (Å²) in [6, 6.07) is 5.58. The third-order valence-electron chi connectivity index (χ3n) is 4.64. The van der Waals surface area contributed by atoms with Crippen LogP contribution < -0.4 is 5.32 Å². The molecule has 2 aromatic rings. The van der Waals surface area contributed by atoms with Crippen molar-refractivity contribution in [2.45, 2.75) is 31.9 Å². The van der Waals surface area contributed by atoms with E-state index in [1.807, 2.05) is 0 Å². The number of rotatable bonds is 4. The number of nitrogens with zero attached hydrogens (tertiary/aromatic N) is 3. The fourth-order valence-corrected chi connectivity index (χ4v) is 3.36. The number of hydrogen-bond donors (Lipinski definition) is 1. The maximum atomic E-state index is 14.5. The lowest BCUT2D eigenvalue weighted by Gasteiger charge is -2.28. The predicted octanol–water partition coefficient (Wildman–Crippen LogP) is 2.43. The molecule has 8 heteroatoms. The van der Waals surface area contributed by atoms with Crippen molar-refractivity contribution in [1.82, 2.24) is 14.8 Å². The lowest BCUT2D eigenvalue weighted by Crippen LogP contribution is -2.31. The molecule has 0 spiro atoms. The van der Waals surface area contributed by atoms with E-state index in [0.29, 0.717) is 29.4 Å². The molecule has 1 saturated heterocycles. The molecule has 0 radical (unpaired) electrons. The van der Waals surface area contributed by atoms with Gasteiger partial charge in [-0.15, -0.1) is 0 Å². The topological polar surface area (TPSA) is 78.3 Å². The molecule has 0 amide bonds. The van der Waals surface area contributed by atoms with Gasteiger partial charge in [0.1, 0.15) is 24.8 Å². The minimum atomic E-state index is -0.744. The van der Waals surface area contributed by atoms with Crippen molar-refractivity contribution in [3.63, 3.8) is 0 Å². The van der Waals surface area contributed by atoms with Gasteiger partial charge >= 0.3 is 5.97 Å². The van der Waals surface area contributed by atoms with Gasteiger partial charge in [0.2, 0.25) is 5.95 Å². The van der Waals surface area contributed by atoms with Crippen molar-refractivity contribution >= 4 is 11.9 Å². The molecule has 3 heterocycles. The minimum absolute atomic E-state index is 0.0785. The molecule has 0 saturated carbocycles. The number of halogens is 1. The number of hydrogen-bond acceptors (Lipinski definition) is 6. The number of fused-ring (bicyclic) bond motifs is 1. The highest BCUT2D eigenvalue weighted by Crippen LogP contribution is 2.36. The van der Waals surface area contributed by atoms with E-state index >= 15 is 0 Å². The van der Waals surface area contributed by atoms with Crippen LogP contribution in [0.2, 0.25) is 0 Å². The van der Waals surface area contributed by atoms with E-state index < -0.39 is 17.8 Å². The van der Waals surface area contributed by atoms with E-state index in [1.165, 1.54) is 17.1 Å². The molecular formula is C18H19FN4O3. The molecular weight excluding hydrogens is 339 g/mol. The zero-order valence-corrected chi connectivity index (χ0v) is 14.3. The lowest BCUT2D eigenvalue weighted by molar-refractivity contribution is -0.142. The van der Waals surface area contributed by atoms with Crippen molar-refractivity contribution in [1.29, 1.82) is 0 Å². The molecule has 1 N–H and O–H groups in total. The van der Waals surface area contributed by atoms with Gasteiger partial charge in [0.15, 0.2) is 0 Å². The third kappa shape index (κ3) is 2.96. The summed E-state index contributed by atoms with van der Waals surface area (Å²) in [4.78, 5) is 17.0. The van der Waals surface area contributed by atoms with Gasteiger partial charge in [-0.05, 0) is 25.8 Å². The van der Waals surface area contributed by atoms with Crippen molar-refractivity contribution in [2.24, 2.45) is 0 Å². The Bertz CT molecular complexity index is 858. The molecule has 0 bridgehead atoms. The monoisotopic (exact) mass is 358 g/mol. The fraction of sp³-hybridized carbons (Fsp3) is 0.389. The Morgan fingerprint density at radius 3 is 3.08 bits per heavy atom. The summed E-state index contributed by atoms with van der Waals surface area (Å²) in [5.74, 6) is -0.482. The largest absolute Gasteiger partial charge is 0.459 e. The Balaban J connectivity index is 1.68. The highest BCUT2D eigenvalue weighted by Gasteiger charge is 2.36. The smallest absolute Gasteiger partial charge is 0.338 e. The molecule has 1 aromatic heterocycles. The van der Waals surface area contributed by atoms with Gasteiger partial charge in [-0.25, -0.2) is 13.9 Å². The molecule has 0 aliphatic carbocycles. The minimum Gasteiger partial charge on any atom is -0.459 e. The average Bonchev–Trinajstić information content (AvgIpc) is 3.30. The van der Waals surface area contributed by atoms with Crippen LogP contribution in [0.15, 0.2) is 41.9 Å². The van der Waals surface area contributed by atoms with Crippen LogP contribution in [-0.2, 0) is 14.3 Å². The van der Waals surface area contributed by atoms with Gasteiger partial charge in [-0.3, -0.25) is 0 Å². The lowest BCUT2D eigenvalue weighted by atomic mass is 9.95. The quantitative estimate of drug-likeness (QED) is 0.846. The van der Waals surface area contributed by atoms with E-state index in [4.69, 9.17) is 9.47 Å². The number of carbonyl (C=O) groups is 1. The summed E-state index contributed by atoms with van der Waals surface area (Å²) in [6.07, 6.45) is 3.12. The Morgan fingerprint density at radius 1 is 1.46 bits per heavy atom. The zero-order valence-electron chi connectivity index (χ0n) is 14.3. The van der Waals surface area contributed by atoms with Crippen molar-refractivity contribution in [2.75, 3.05) is 18.5 Å². The van der Waals surface area contributed by atoms with Crippen molar-refractivity contribution < 1.29 is 18.7 Å². The number of ether oxygens (including phenoxy) is 2. The van der Waals surface area contributed by atoms with Crippen LogP contribution >= 0.6 is 0 Å². The molecule has 1 fully saturated rings. The first-order chi connectivity index (χ1) is 12.6. The highest BCUT2D eigenvalue weighted by molar-refractivity contribution is 5.92. The van der Waals surface area contributed by atoms with E-state index in [9.17, 15) is 9.18 Å². The van der Waals surface area contributed by atoms with Gasteiger partial charge in [0.05, 0.1) is 11.7 Å². The van der Waals surface area contributed by atoms with Gasteiger partial charge in [0.25, 0.3) is 0 Å². The second kappa shape index (κ2) is 6.87. The number of esters is 1. The van der Waals surface area contributed by atoms with Crippen LogP contribution in [0, 0.1) is 5.82 Å². The summed E-state index contributed by atoms with van der Waals surface area (Å²) in [5.41, 5.74) is 1.21. The van der Waals surface area contributed by atoms with Crippen molar-refractivity contribution in [3.05, 3.63) is 53.2 Å². The van der Waals surface area contributed by atoms with E-state index in [0.717, 1.165) is 12.8 Å². The Hall–Kier alpha value is -2.74. The average molecular weight is 358 g/mol. The number of nitrogens with one attached hydrogen (secondary N) is 1. The Labute approximate surface area is 149 Å². The van der Waals surface area contributed by atoms with Crippen LogP contribution in [-0.4, -0.2) is 40.1 Å². The molecule has 7 nitrogen and oxygen atoms in total. The Kier molecular flexibility index (Phi) is 4.42. The SMILES string of the molecule is CC1=C(C(=O)OCC2CCCO2)C(c2ccccc2F)n2ncnc2N1. The molecule has 1 aromatic carbocycles. The van der Waals surface area contributed by atoms with Crippen LogP contribution in [0.1, 0.15) is 31.4 Å². The number of carbonyl (C=O) groups excluding carboxylic acids is 1. The number of anilines is 1. The molecule has 2 aliphatic heterocycles. The van der Waals surface area contributed by atoms with Gasteiger partial charge in [-0.1, -0.05) is 18.2 Å². The van der Waals surface area contributed by atoms with Gasteiger partial charge in [0, 0.05) is 17.9 Å². The first-order valence-corrected chi connectivity index (χ1v) is 8.55. The fourth-order valence-electron chi connectivity index (χ4n) is 3.36. The van der Waals surface area contributed by atoms with Crippen LogP contribution in [0.3, 0.4) is 0 Å². The standard InChI is InChI=1S/C18H19FN4O3/c1-11-15(17(24)26-9-12-5-4-8-25-12)16(13-6-2-3-7-14(13)19)23-18(22-11)20-10-21-23/h2-3,6-7,10,12,16H,4-5,8-9H2,1H3,(H,20,21,22). The first kappa shape index (κ1) is 16.7. The molecule has 136 valence electrons. The molecule has 4 rings (SSSR count). The van der Waals surface area contributed by atoms with Gasteiger partial charge < -0.3 is 14.8 Å². The highest BCUT2D eigenvalue weighted by atomic mass is 19.1. The van der Waals surface area contributed by atoms with Crippen LogP contribution in [0.25, 0.3) is 0 Å². The summed E-state index contributed by atoms with van der Waals surface area (Å²) in [5, 5.41) is 7.20. The second-order valence-electron chi connectivity index (χ2n) is 6.35. The molecule has 26 heavy (non-hydrogen) atoms. The number of aromatic nitrogens is 3. The maximum Gasteiger partial charge on any atom is 0.338 e. The normalized spacial score (nSPS) is 22.1. The molecule has 2 unspecified atom stereocenters. The maximum absolute atomic E-state index is 14.5. The summed E-state index contributed by atoms with van der Waals surface area (Å²) >= 11 is 0. The third-order valence-corrected chi connectivity index (χ3v) is 4.64. The number of allylic oxidation sites excluding steroid dienone is 1. The summed E-state index contributed by atoms with van der Waals surface area (Å²) in [6.45, 7) is 2.62.